The molecule has 0 aromatic heterocycles. The van der Waals surface area contributed by atoms with Gasteiger partial charge in [0.15, 0.2) is 0 Å². The number of hydrogen-bond acceptors (Lipinski definition) is 1. The molecule has 0 aromatic rings. The maximum absolute atomic E-state index is 5.70. The van der Waals surface area contributed by atoms with E-state index < -0.39 is 0 Å². The fourth-order valence-corrected chi connectivity index (χ4v) is 1.25. The van der Waals surface area contributed by atoms with Crippen LogP contribution < -0.4 is 5.73 Å². The first kappa shape index (κ1) is 11.0. The van der Waals surface area contributed by atoms with E-state index in [1.54, 1.807) is 0 Å². The van der Waals surface area contributed by atoms with E-state index in [0.717, 1.165) is 4.02 Å². The summed E-state index contributed by atoms with van der Waals surface area (Å²) in [6, 6.07) is 0. The molecule has 2 heteroatoms. The minimum atomic E-state index is 0.990. The molecule has 11 heavy (non-hydrogen) atoms. The summed E-state index contributed by atoms with van der Waals surface area (Å²) in [6.45, 7) is 8.34. The van der Waals surface area contributed by atoms with E-state index in [-0.39, 0.29) is 0 Å². The molecule has 0 rings (SSSR count). The van der Waals surface area contributed by atoms with Crippen LogP contribution in [0.5, 0.6) is 0 Å². The zero-order valence-electron chi connectivity index (χ0n) is 7.56. The van der Waals surface area contributed by atoms with Gasteiger partial charge >= 0.3 is 79.6 Å². The van der Waals surface area contributed by atoms with E-state index in [0.29, 0.717) is 0 Å². The summed E-state index contributed by atoms with van der Waals surface area (Å²) < 4.78 is 0.990. The van der Waals surface area contributed by atoms with Crippen LogP contribution in [0, 0.1) is 0 Å². The predicted octanol–water partition coefficient (Wildman–Crippen LogP) is 1.92. The zero-order valence-corrected chi connectivity index (χ0v) is 10.5. The molecule has 0 atom stereocenters. The monoisotopic (exact) mass is 321 g/mol. The van der Waals surface area contributed by atoms with E-state index >= 15 is 0 Å². The quantitative estimate of drug-likeness (QED) is 0.773. The van der Waals surface area contributed by atoms with Gasteiger partial charge in [-0.1, -0.05) is 0 Å². The number of nitrogens with two attached hydrogens (primary N) is 1. The number of hydrogen-bond donors (Lipinski definition) is 1. The van der Waals surface area contributed by atoms with Crippen LogP contribution in [-0.4, -0.2) is 4.02 Å². The van der Waals surface area contributed by atoms with E-state index in [2.05, 4.69) is 26.8 Å². The molecule has 0 aliphatic carbocycles. The summed E-state index contributed by atoms with van der Waals surface area (Å²) in [7, 11) is 0. The summed E-state index contributed by atoms with van der Waals surface area (Å²) in [4.78, 5) is 0. The average molecular weight is 321 g/mol. The molecular formula is C9H15NW. The number of allylic oxidation sites excluding steroid dienone is 3. The van der Waals surface area contributed by atoms with E-state index in [4.69, 9.17) is 5.73 Å². The molecule has 0 saturated carbocycles. The van der Waals surface area contributed by atoms with Gasteiger partial charge in [-0.15, -0.1) is 0 Å². The topological polar surface area (TPSA) is 26.0 Å². The molecule has 62 valence electrons. The van der Waals surface area contributed by atoms with Gasteiger partial charge in [-0.05, 0) is 0 Å². The molecule has 0 unspecified atom stereocenters. The van der Waals surface area contributed by atoms with E-state index in [1.165, 1.54) is 36.1 Å². The van der Waals surface area contributed by atoms with Crippen LogP contribution in [0.3, 0.4) is 0 Å². The van der Waals surface area contributed by atoms with Crippen molar-refractivity contribution >= 4 is 4.02 Å². The Hall–Kier alpha value is -0.00169. The van der Waals surface area contributed by atoms with Crippen LogP contribution in [0.15, 0.2) is 22.8 Å². The summed E-state index contributed by atoms with van der Waals surface area (Å²) in [5, 5.41) is 0. The van der Waals surface area contributed by atoms with Gasteiger partial charge < -0.3 is 0 Å². The fourth-order valence-electron chi connectivity index (χ4n) is 0.697. The van der Waals surface area contributed by atoms with Crippen molar-refractivity contribution < 1.29 is 19.4 Å². The molecule has 0 aliphatic rings. The van der Waals surface area contributed by atoms with Gasteiger partial charge in [-0.2, -0.15) is 0 Å². The van der Waals surface area contributed by atoms with Gasteiger partial charge in [0.25, 0.3) is 0 Å². The van der Waals surface area contributed by atoms with Gasteiger partial charge in [0.05, 0.1) is 0 Å². The summed E-state index contributed by atoms with van der Waals surface area (Å²) >= 11 is 1.35. The van der Waals surface area contributed by atoms with Crippen molar-refractivity contribution in [1.29, 1.82) is 0 Å². The normalized spacial score (nSPS) is 14.5. The Balaban J connectivity index is 4.81. The van der Waals surface area contributed by atoms with E-state index in [9.17, 15) is 0 Å². The van der Waals surface area contributed by atoms with Crippen molar-refractivity contribution in [3.63, 3.8) is 0 Å². The van der Waals surface area contributed by atoms with Crippen LogP contribution in [0.1, 0.15) is 27.7 Å². The van der Waals surface area contributed by atoms with Crippen LogP contribution in [0.2, 0.25) is 0 Å². The fraction of sp³-hybridized carbons (Fsp3) is 0.444. The van der Waals surface area contributed by atoms with Gasteiger partial charge in [0, 0.05) is 0 Å². The first-order valence-corrected chi connectivity index (χ1v) is 5.08. The molecule has 0 spiro atoms. The second kappa shape index (κ2) is 4.79. The van der Waals surface area contributed by atoms with Crippen LogP contribution >= 0.6 is 0 Å². The summed E-state index contributed by atoms with van der Waals surface area (Å²) in [6.07, 6.45) is 2.11. The SMILES string of the molecule is CC=C(C)C(C)=C(C)[C](N)=[W]. The van der Waals surface area contributed by atoms with Gasteiger partial charge in [0.2, 0.25) is 0 Å². The Kier molecular flexibility index (Phi) is 4.79. The van der Waals surface area contributed by atoms with Crippen molar-refractivity contribution in [2.75, 3.05) is 0 Å². The van der Waals surface area contributed by atoms with Gasteiger partial charge in [-0.25, -0.2) is 0 Å². The van der Waals surface area contributed by atoms with Crippen molar-refractivity contribution in [2.45, 2.75) is 27.7 Å². The third-order valence-corrected chi connectivity index (χ3v) is 3.06. The Bertz CT molecular complexity index is 224. The third-order valence-electron chi connectivity index (χ3n) is 1.96. The van der Waals surface area contributed by atoms with Gasteiger partial charge in [-0.3, -0.25) is 0 Å². The van der Waals surface area contributed by atoms with Crippen LogP contribution in [-0.2, 0) is 19.4 Å². The zero-order chi connectivity index (χ0) is 9.02. The molecule has 0 saturated heterocycles. The van der Waals surface area contributed by atoms with Crippen molar-refractivity contribution in [1.82, 2.24) is 0 Å². The summed E-state index contributed by atoms with van der Waals surface area (Å²) in [5.41, 5.74) is 9.55. The molecule has 0 heterocycles. The second-order valence-electron chi connectivity index (χ2n) is 2.59. The predicted molar refractivity (Wildman–Crippen MR) is 47.0 cm³/mol. The Morgan fingerprint density at radius 2 is 1.64 bits per heavy atom. The summed E-state index contributed by atoms with van der Waals surface area (Å²) in [5.74, 6) is 0. The first-order chi connectivity index (χ1) is 5.00. The maximum atomic E-state index is 5.70. The molecule has 0 amide bonds. The molecule has 2 N–H and O–H groups in total. The van der Waals surface area contributed by atoms with Crippen molar-refractivity contribution in [3.8, 4) is 0 Å². The molecular weight excluding hydrogens is 306 g/mol. The molecule has 0 bridgehead atoms. The van der Waals surface area contributed by atoms with Crippen LogP contribution in [0.4, 0.5) is 0 Å². The Labute approximate surface area is 79.8 Å². The molecule has 1 nitrogen and oxygen atoms in total. The first-order valence-electron chi connectivity index (χ1n) is 3.61. The van der Waals surface area contributed by atoms with Crippen molar-refractivity contribution in [3.05, 3.63) is 22.8 Å². The molecule has 0 aromatic carbocycles. The van der Waals surface area contributed by atoms with Gasteiger partial charge in [0.1, 0.15) is 0 Å². The molecule has 0 aliphatic heterocycles. The third kappa shape index (κ3) is 3.26. The average Bonchev–Trinajstić information content (AvgIpc) is 2.00. The minimum absolute atomic E-state index is 0.990. The molecule has 0 radical (unpaired) electrons. The number of rotatable bonds is 2. The van der Waals surface area contributed by atoms with E-state index in [1.807, 2.05) is 6.92 Å². The van der Waals surface area contributed by atoms with Crippen LogP contribution in [0.25, 0.3) is 0 Å². The Morgan fingerprint density at radius 1 is 1.18 bits per heavy atom. The Morgan fingerprint density at radius 3 is 1.91 bits per heavy atom. The van der Waals surface area contributed by atoms with Crippen molar-refractivity contribution in [2.24, 2.45) is 5.73 Å². The standard InChI is InChI=1S/C9H15N.W/c1-5-7(2)9(4)8(3)6-10;/h5H,10H2,1-4H3;. The molecule has 0 fully saturated rings. The second-order valence-corrected chi connectivity index (χ2v) is 4.17.